The number of likely N-dealkylation sites (N-methyl/N-ethyl adjacent to an activating group) is 1. The number of ether oxygens (including phenoxy) is 5. The molecule has 5 rings (SSSR count). The number of amides is 1. The summed E-state index contributed by atoms with van der Waals surface area (Å²) in [5.74, 6) is -2.58. The van der Waals surface area contributed by atoms with Crippen LogP contribution in [0.5, 0.6) is 0 Å². The van der Waals surface area contributed by atoms with Gasteiger partial charge in [-0.05, 0) is 105 Å². The SMILES string of the molecule is C.C.C.C.C.CC[C@H]1OC(=O)[C@](C)(F)C(=O)C[C@@H](O[C@@H]2OC(C)CC(N(C)C)C2O)[C@](C)(OC)C[C@@H](C)CN[C@H](C)[C@H]2N(CCCCn3cc(-c4cccc(N)c4)nn3)C(=O)O[C@]12C. The van der Waals surface area contributed by atoms with Crippen LogP contribution < -0.4 is 11.1 Å². The van der Waals surface area contributed by atoms with E-state index in [1.54, 1.807) is 36.4 Å². The molecule has 1 aromatic heterocycles. The van der Waals surface area contributed by atoms with Crippen LogP contribution in [-0.2, 0) is 39.8 Å². The smallest absolute Gasteiger partial charge is 0.410 e. The van der Waals surface area contributed by atoms with Gasteiger partial charge in [0.1, 0.15) is 17.9 Å². The molecule has 3 aliphatic rings. The van der Waals surface area contributed by atoms with E-state index < -0.39 is 77.8 Å². The summed E-state index contributed by atoms with van der Waals surface area (Å²) in [5.41, 5.74) is 2.43. The number of hydrogen-bond donors (Lipinski definition) is 3. The Morgan fingerprint density at radius 1 is 1.05 bits per heavy atom. The number of rotatable bonds is 11. The maximum Gasteiger partial charge on any atom is 0.410 e. The van der Waals surface area contributed by atoms with Crippen molar-refractivity contribution in [3.05, 3.63) is 30.5 Å². The highest BCUT2D eigenvalue weighted by Crippen LogP contribution is 2.40. The Bertz CT molecular complexity index is 1770. The van der Waals surface area contributed by atoms with Crippen molar-refractivity contribution in [3.8, 4) is 11.3 Å². The number of aliphatic hydroxyl groups is 1. The molecule has 2 aromatic rings. The first kappa shape index (κ1) is 60.3. The highest BCUT2D eigenvalue weighted by Gasteiger charge is 2.59. The number of nitrogens with zero attached hydrogens (tertiary/aromatic N) is 5. The maximum atomic E-state index is 16.7. The molecular weight excluding hydrogens is 826 g/mol. The van der Waals surface area contributed by atoms with Crippen LogP contribution in [0.1, 0.15) is 124 Å². The second-order valence-electron chi connectivity index (χ2n) is 17.5. The maximum absolute atomic E-state index is 16.7. The third-order valence-corrected chi connectivity index (χ3v) is 12.5. The third kappa shape index (κ3) is 13.2. The molecule has 0 spiro atoms. The molecule has 1 amide bonds. The highest BCUT2D eigenvalue weighted by atomic mass is 19.1. The number of methoxy groups -OCH3 is 1. The molecule has 0 aliphatic carbocycles. The fraction of sp³-hybridized carbons (Fsp3) is 0.766. The largest absolute Gasteiger partial charge is 0.455 e. The van der Waals surface area contributed by atoms with Gasteiger partial charge in [-0.1, -0.05) is 68.3 Å². The number of aromatic nitrogens is 3. The van der Waals surface area contributed by atoms with E-state index in [4.69, 9.17) is 29.4 Å². The number of alkyl halides is 1. The van der Waals surface area contributed by atoms with Crippen LogP contribution in [0.15, 0.2) is 30.5 Å². The first-order chi connectivity index (χ1) is 27.7. The van der Waals surface area contributed by atoms with E-state index in [1.165, 1.54) is 7.11 Å². The van der Waals surface area contributed by atoms with Gasteiger partial charge in [-0.15, -0.1) is 5.10 Å². The number of carbonyl (C=O) groups is 3. The number of unbranched alkanes of at least 4 members (excludes halogenated alkanes) is 1. The molecule has 4 N–H and O–H groups in total. The van der Waals surface area contributed by atoms with Crippen molar-refractivity contribution in [2.75, 3.05) is 40.0 Å². The minimum absolute atomic E-state index is 0. The molecule has 3 aliphatic heterocycles. The molecule has 17 heteroatoms. The number of fused-ring (bicyclic) bond motifs is 1. The lowest BCUT2D eigenvalue weighted by atomic mass is 9.83. The Morgan fingerprint density at radius 3 is 2.31 bits per heavy atom. The fourth-order valence-electron chi connectivity index (χ4n) is 8.93. The highest BCUT2D eigenvalue weighted by molar-refractivity contribution is 6.07. The topological polar surface area (TPSA) is 193 Å². The fourth-order valence-corrected chi connectivity index (χ4v) is 8.93. The van der Waals surface area contributed by atoms with Crippen LogP contribution in [-0.4, -0.2) is 148 Å². The number of benzene rings is 1. The Balaban J connectivity index is 0.00000794. The van der Waals surface area contributed by atoms with Crippen molar-refractivity contribution in [2.45, 2.75) is 196 Å². The summed E-state index contributed by atoms with van der Waals surface area (Å²) in [4.78, 5) is 45.1. The van der Waals surface area contributed by atoms with Crippen molar-refractivity contribution in [1.29, 1.82) is 0 Å². The van der Waals surface area contributed by atoms with E-state index in [2.05, 4.69) is 15.6 Å². The predicted molar refractivity (Wildman–Crippen MR) is 251 cm³/mol. The first-order valence-electron chi connectivity index (χ1n) is 20.9. The number of halogens is 1. The Labute approximate surface area is 384 Å². The number of carbonyl (C=O) groups excluding carboxylic acids is 3. The number of aliphatic hydroxyl groups excluding tert-OH is 1. The van der Waals surface area contributed by atoms with Gasteiger partial charge in [-0.2, -0.15) is 0 Å². The third-order valence-electron chi connectivity index (χ3n) is 12.5. The zero-order valence-corrected chi connectivity index (χ0v) is 36.4. The number of ketones is 1. The van der Waals surface area contributed by atoms with Gasteiger partial charge in [0.05, 0.1) is 30.0 Å². The summed E-state index contributed by atoms with van der Waals surface area (Å²) in [7, 11) is 5.19. The normalized spacial score (nSPS) is 33.6. The Hall–Kier alpha value is -3.74. The number of aryl methyl sites for hydroxylation is 1. The number of hydrogen-bond acceptors (Lipinski definition) is 14. The molecule has 3 saturated heterocycles. The summed E-state index contributed by atoms with van der Waals surface area (Å²) in [6.07, 6.45) is -1.74. The lowest BCUT2D eigenvalue weighted by Gasteiger charge is -2.45. The second kappa shape index (κ2) is 24.7. The molecule has 0 radical (unpaired) electrons. The summed E-state index contributed by atoms with van der Waals surface area (Å²) in [6.45, 7) is 13.3. The average Bonchev–Trinajstić information content (AvgIpc) is 3.76. The van der Waals surface area contributed by atoms with E-state index >= 15 is 4.39 Å². The number of anilines is 1. The number of nitrogen functional groups attached to an aromatic ring is 1. The van der Waals surface area contributed by atoms with E-state index in [0.717, 1.165) is 12.5 Å². The molecule has 370 valence electrons. The molecule has 64 heavy (non-hydrogen) atoms. The van der Waals surface area contributed by atoms with Crippen molar-refractivity contribution < 1.29 is 47.6 Å². The lowest BCUT2D eigenvalue weighted by Crippen LogP contribution is -2.61. The van der Waals surface area contributed by atoms with Gasteiger partial charge >= 0.3 is 12.1 Å². The van der Waals surface area contributed by atoms with Crippen LogP contribution in [0, 0.1) is 5.92 Å². The van der Waals surface area contributed by atoms with Gasteiger partial charge in [0.15, 0.2) is 17.7 Å². The van der Waals surface area contributed by atoms with E-state index in [1.807, 2.05) is 64.2 Å². The molecule has 0 bridgehead atoms. The van der Waals surface area contributed by atoms with Gasteiger partial charge in [-0.25, -0.2) is 14.0 Å². The van der Waals surface area contributed by atoms with Crippen molar-refractivity contribution >= 4 is 23.5 Å². The molecule has 12 atom stereocenters. The summed E-state index contributed by atoms with van der Waals surface area (Å²) < 4.78 is 49.0. The first-order valence-corrected chi connectivity index (χ1v) is 20.9. The van der Waals surface area contributed by atoms with Crippen molar-refractivity contribution in [2.24, 2.45) is 5.92 Å². The van der Waals surface area contributed by atoms with Crippen LogP contribution in [0.4, 0.5) is 14.9 Å². The van der Waals surface area contributed by atoms with Gasteiger partial charge in [0, 0.05) is 50.0 Å². The number of cyclic esters (lactones) is 1. The van der Waals surface area contributed by atoms with Gasteiger partial charge in [0.25, 0.3) is 5.67 Å². The number of nitrogens with one attached hydrogen (secondary N) is 1. The molecular formula is C47H86FN7O9. The molecule has 16 nitrogen and oxygen atoms in total. The second-order valence-corrected chi connectivity index (χ2v) is 17.5. The Kier molecular flexibility index (Phi) is 23.2. The van der Waals surface area contributed by atoms with Crippen LogP contribution in [0.25, 0.3) is 11.3 Å². The molecule has 1 aromatic carbocycles. The van der Waals surface area contributed by atoms with Crippen molar-refractivity contribution in [1.82, 2.24) is 30.1 Å². The quantitative estimate of drug-likeness (QED) is 0.0880. The zero-order chi connectivity index (χ0) is 43.4. The lowest BCUT2D eigenvalue weighted by molar-refractivity contribution is -0.289. The van der Waals surface area contributed by atoms with Gasteiger partial charge in [-0.3, -0.25) is 14.4 Å². The monoisotopic (exact) mass is 912 g/mol. The Morgan fingerprint density at radius 2 is 1.70 bits per heavy atom. The average molecular weight is 912 g/mol. The van der Waals surface area contributed by atoms with Crippen LogP contribution >= 0.6 is 0 Å². The number of esters is 1. The minimum Gasteiger partial charge on any atom is -0.455 e. The standard InChI is InChI=1S/C42H66FN7O9.5CH4/c1-11-33-42(7)36(50(39(54)59-42)18-13-12-17-49-24-30(46-47-49)28-15-14-16-29(44)20-28)27(4)45-23-25(2)22-40(5,55-10)34(21-32(51)41(6,43)38(53)58-33)57-37-35(52)31(48(8)9)19-26(3)56-37;;;;;/h14-16,20,24-27,31,33-37,45,52H,11-13,17-19,21-23,44H2,1-10H3;5*1H4/t25-,26?,27-,31?,33-,34-,35?,36-,37+,40-,41-,42-;;;;;/m1...../s1. The van der Waals surface area contributed by atoms with Gasteiger partial charge in [0.2, 0.25) is 0 Å². The molecule has 4 heterocycles. The minimum atomic E-state index is -3.10. The summed E-state index contributed by atoms with van der Waals surface area (Å²) in [6, 6.07) is 6.08. The number of Topliss-reactive ketones (excluding diaryl/α,β-unsaturated/α-hetero) is 1. The molecule has 3 unspecified atom stereocenters. The molecule has 0 saturated carbocycles. The zero-order valence-electron chi connectivity index (χ0n) is 36.4. The molecule has 3 fully saturated rings. The van der Waals surface area contributed by atoms with Gasteiger partial charge < -0.3 is 44.7 Å². The summed E-state index contributed by atoms with van der Waals surface area (Å²) >= 11 is 0. The number of nitrogens with two attached hydrogens (primary N) is 1. The van der Waals surface area contributed by atoms with Crippen LogP contribution in [0.2, 0.25) is 0 Å². The van der Waals surface area contributed by atoms with Crippen LogP contribution in [0.3, 0.4) is 0 Å². The van der Waals surface area contributed by atoms with E-state index in [9.17, 15) is 19.5 Å². The van der Waals surface area contributed by atoms with Crippen molar-refractivity contribution in [3.63, 3.8) is 0 Å². The summed E-state index contributed by atoms with van der Waals surface area (Å²) in [5, 5.41) is 23.5. The van der Waals surface area contributed by atoms with E-state index in [0.29, 0.717) is 56.7 Å². The van der Waals surface area contributed by atoms with E-state index in [-0.39, 0.29) is 61.6 Å². The predicted octanol–water partition coefficient (Wildman–Crippen LogP) is 7.31.